The van der Waals surface area contributed by atoms with E-state index in [1.165, 1.54) is 0 Å². The molecule has 0 aromatic rings. The number of carboxylic acid groups (broad SMARTS) is 1. The lowest BCUT2D eigenvalue weighted by Crippen LogP contribution is -2.07. The van der Waals surface area contributed by atoms with Gasteiger partial charge in [0.25, 0.3) is 0 Å². The second-order valence-electron chi connectivity index (χ2n) is 2.23. The normalized spacial score (nSPS) is 9.91. The minimum Gasteiger partial charge on any atom is -0.480 e. The van der Waals surface area contributed by atoms with Crippen molar-refractivity contribution >= 4 is 5.97 Å². The van der Waals surface area contributed by atoms with Crippen LogP contribution >= 0.6 is 0 Å². The predicted molar refractivity (Wildman–Crippen MR) is 39.4 cm³/mol. The maximum absolute atomic E-state index is 9.92. The highest BCUT2D eigenvalue weighted by atomic mass is 16.5. The van der Waals surface area contributed by atoms with Crippen LogP contribution in [0.15, 0.2) is 0 Å². The first kappa shape index (κ1) is 10.4. The van der Waals surface area contributed by atoms with Gasteiger partial charge in [-0.25, -0.2) is 4.79 Å². The number of hydrogen-bond acceptors (Lipinski definition) is 3. The van der Waals surface area contributed by atoms with Gasteiger partial charge < -0.3 is 14.9 Å². The molecule has 0 bridgehead atoms. The number of carbonyl (C=O) groups is 1. The second-order valence-corrected chi connectivity index (χ2v) is 2.23. The summed E-state index contributed by atoms with van der Waals surface area (Å²) in [6.07, 6.45) is 2.46. The standard InChI is InChI=1S/C7H14O4/c8-4-2-1-3-5-11-6-7(9)10/h8H,1-6H2,(H,9,10). The van der Waals surface area contributed by atoms with Crippen LogP contribution in [0.5, 0.6) is 0 Å². The first-order chi connectivity index (χ1) is 5.27. The van der Waals surface area contributed by atoms with Gasteiger partial charge in [-0.15, -0.1) is 0 Å². The largest absolute Gasteiger partial charge is 0.480 e. The summed E-state index contributed by atoms with van der Waals surface area (Å²) in [4.78, 5) is 9.92. The molecule has 0 aliphatic carbocycles. The Hall–Kier alpha value is -0.610. The summed E-state index contributed by atoms with van der Waals surface area (Å²) in [5.41, 5.74) is 0. The van der Waals surface area contributed by atoms with Crippen LogP contribution in [0.1, 0.15) is 19.3 Å². The van der Waals surface area contributed by atoms with Gasteiger partial charge in [-0.3, -0.25) is 0 Å². The van der Waals surface area contributed by atoms with Crippen LogP contribution in [0, 0.1) is 0 Å². The van der Waals surface area contributed by atoms with Gasteiger partial charge in [0.2, 0.25) is 0 Å². The lowest BCUT2D eigenvalue weighted by molar-refractivity contribution is -0.142. The molecule has 0 saturated heterocycles. The Morgan fingerprint density at radius 2 is 2.00 bits per heavy atom. The summed E-state index contributed by atoms with van der Waals surface area (Å²) in [7, 11) is 0. The van der Waals surface area contributed by atoms with Crippen molar-refractivity contribution in [2.75, 3.05) is 19.8 Å². The number of hydrogen-bond donors (Lipinski definition) is 2. The highest BCUT2D eigenvalue weighted by Crippen LogP contribution is 1.93. The third kappa shape index (κ3) is 9.39. The van der Waals surface area contributed by atoms with E-state index in [1.54, 1.807) is 0 Å². The Balaban J connectivity index is 2.85. The smallest absolute Gasteiger partial charge is 0.329 e. The topological polar surface area (TPSA) is 66.8 Å². The molecule has 0 unspecified atom stereocenters. The first-order valence-corrected chi connectivity index (χ1v) is 3.67. The molecule has 0 radical (unpaired) electrons. The van der Waals surface area contributed by atoms with E-state index in [1.807, 2.05) is 0 Å². The van der Waals surface area contributed by atoms with E-state index in [0.29, 0.717) is 6.61 Å². The fourth-order valence-corrected chi connectivity index (χ4v) is 0.652. The van der Waals surface area contributed by atoms with Crippen molar-refractivity contribution in [3.63, 3.8) is 0 Å². The molecule has 4 heteroatoms. The fourth-order valence-electron chi connectivity index (χ4n) is 0.652. The molecule has 11 heavy (non-hydrogen) atoms. The Morgan fingerprint density at radius 3 is 2.55 bits per heavy atom. The third-order valence-electron chi connectivity index (χ3n) is 1.17. The molecule has 0 aliphatic rings. The van der Waals surface area contributed by atoms with Crippen LogP contribution in [0.2, 0.25) is 0 Å². The molecule has 66 valence electrons. The molecular formula is C7H14O4. The molecule has 0 fully saturated rings. The van der Waals surface area contributed by atoms with E-state index in [2.05, 4.69) is 0 Å². The van der Waals surface area contributed by atoms with Crippen LogP contribution in [-0.4, -0.2) is 36.0 Å². The minimum absolute atomic E-state index is 0.193. The van der Waals surface area contributed by atoms with Crippen LogP contribution in [0.4, 0.5) is 0 Å². The van der Waals surface area contributed by atoms with Crippen molar-refractivity contribution in [1.29, 1.82) is 0 Å². The van der Waals surface area contributed by atoms with Crippen LogP contribution in [0.3, 0.4) is 0 Å². The molecule has 0 aromatic carbocycles. The minimum atomic E-state index is -0.938. The maximum Gasteiger partial charge on any atom is 0.329 e. The van der Waals surface area contributed by atoms with Gasteiger partial charge in [0, 0.05) is 13.2 Å². The van der Waals surface area contributed by atoms with E-state index in [4.69, 9.17) is 14.9 Å². The number of rotatable bonds is 7. The molecule has 0 amide bonds. The van der Waals surface area contributed by atoms with Gasteiger partial charge in [0.15, 0.2) is 0 Å². The maximum atomic E-state index is 9.92. The Morgan fingerprint density at radius 1 is 1.27 bits per heavy atom. The zero-order valence-electron chi connectivity index (χ0n) is 6.45. The second kappa shape index (κ2) is 7.50. The van der Waals surface area contributed by atoms with Crippen molar-refractivity contribution < 1.29 is 19.7 Å². The summed E-state index contributed by atoms with van der Waals surface area (Å²) in [5.74, 6) is -0.938. The lowest BCUT2D eigenvalue weighted by Gasteiger charge is -1.99. The van der Waals surface area contributed by atoms with E-state index >= 15 is 0 Å². The van der Waals surface area contributed by atoms with E-state index < -0.39 is 5.97 Å². The van der Waals surface area contributed by atoms with Crippen molar-refractivity contribution in [3.05, 3.63) is 0 Å². The zero-order chi connectivity index (χ0) is 8.53. The molecule has 0 aliphatic heterocycles. The number of aliphatic hydroxyl groups excluding tert-OH is 1. The average molecular weight is 162 g/mol. The highest BCUT2D eigenvalue weighted by Gasteiger charge is 1.94. The average Bonchev–Trinajstić information content (AvgIpc) is 1.96. The quantitative estimate of drug-likeness (QED) is 0.526. The molecule has 2 N–H and O–H groups in total. The summed E-state index contributed by atoms with van der Waals surface area (Å²) in [6, 6.07) is 0. The summed E-state index contributed by atoms with van der Waals surface area (Å²) in [5, 5.41) is 16.5. The molecule has 0 heterocycles. The molecule has 0 aromatic heterocycles. The molecule has 0 saturated carbocycles. The molecule has 0 spiro atoms. The summed E-state index contributed by atoms with van der Waals surface area (Å²) in [6.45, 7) is 0.435. The molecule has 0 atom stereocenters. The molecule has 0 rings (SSSR count). The van der Waals surface area contributed by atoms with Gasteiger partial charge in [-0.05, 0) is 19.3 Å². The number of aliphatic carboxylic acids is 1. The number of carboxylic acids is 1. The van der Waals surface area contributed by atoms with E-state index in [9.17, 15) is 4.79 Å². The SMILES string of the molecule is O=C(O)COCCCCCO. The Kier molecular flexibility index (Phi) is 7.08. The van der Waals surface area contributed by atoms with Crippen molar-refractivity contribution in [3.8, 4) is 0 Å². The Labute approximate surface area is 65.8 Å². The fraction of sp³-hybridized carbons (Fsp3) is 0.857. The van der Waals surface area contributed by atoms with Gasteiger partial charge >= 0.3 is 5.97 Å². The highest BCUT2D eigenvalue weighted by molar-refractivity contribution is 5.67. The van der Waals surface area contributed by atoms with Crippen LogP contribution in [0.25, 0.3) is 0 Å². The van der Waals surface area contributed by atoms with Gasteiger partial charge in [-0.1, -0.05) is 0 Å². The predicted octanol–water partition coefficient (Wildman–Crippen LogP) is 0.250. The Bertz CT molecular complexity index is 103. The first-order valence-electron chi connectivity index (χ1n) is 3.67. The van der Waals surface area contributed by atoms with E-state index in [-0.39, 0.29) is 13.2 Å². The van der Waals surface area contributed by atoms with Gasteiger partial charge in [0.1, 0.15) is 6.61 Å². The number of aliphatic hydroxyl groups is 1. The van der Waals surface area contributed by atoms with E-state index in [0.717, 1.165) is 19.3 Å². The number of ether oxygens (including phenoxy) is 1. The van der Waals surface area contributed by atoms with Crippen LogP contribution in [-0.2, 0) is 9.53 Å². The zero-order valence-corrected chi connectivity index (χ0v) is 6.45. The lowest BCUT2D eigenvalue weighted by atomic mass is 10.2. The number of unbranched alkanes of at least 4 members (excludes halogenated alkanes) is 2. The van der Waals surface area contributed by atoms with Crippen LogP contribution < -0.4 is 0 Å². The van der Waals surface area contributed by atoms with Crippen molar-refractivity contribution in [2.45, 2.75) is 19.3 Å². The van der Waals surface area contributed by atoms with Crippen molar-refractivity contribution in [1.82, 2.24) is 0 Å². The van der Waals surface area contributed by atoms with Gasteiger partial charge in [0.05, 0.1) is 0 Å². The molecule has 4 nitrogen and oxygen atoms in total. The summed E-state index contributed by atoms with van der Waals surface area (Å²) < 4.78 is 4.76. The third-order valence-corrected chi connectivity index (χ3v) is 1.17. The van der Waals surface area contributed by atoms with Gasteiger partial charge in [-0.2, -0.15) is 0 Å². The summed E-state index contributed by atoms with van der Waals surface area (Å²) >= 11 is 0. The monoisotopic (exact) mass is 162 g/mol. The molecular weight excluding hydrogens is 148 g/mol. The van der Waals surface area contributed by atoms with Crippen molar-refractivity contribution in [2.24, 2.45) is 0 Å².